The van der Waals surface area contributed by atoms with Crippen LogP contribution in [0.1, 0.15) is 17.3 Å². The normalized spacial score (nSPS) is 9.92. The van der Waals surface area contributed by atoms with Crippen LogP contribution < -0.4 is 5.46 Å². The van der Waals surface area contributed by atoms with Crippen LogP contribution in [0, 0.1) is 11.6 Å². The van der Waals surface area contributed by atoms with Gasteiger partial charge >= 0.3 is 0 Å². The summed E-state index contributed by atoms with van der Waals surface area (Å²) >= 11 is 0. The van der Waals surface area contributed by atoms with Gasteiger partial charge in [-0.1, -0.05) is 5.46 Å². The Hall–Kier alpha value is -1.19. The highest BCUT2D eigenvalue weighted by molar-refractivity contribution is 6.32. The standard InChI is InChI=1S/C8H5BF2O/c1-4(12)8-6(10)2-5(9)3-7(8)11/h2-3H,1H3. The second-order valence-corrected chi connectivity index (χ2v) is 2.42. The Morgan fingerprint density at radius 2 is 1.75 bits per heavy atom. The summed E-state index contributed by atoms with van der Waals surface area (Å²) in [6, 6.07) is 1.83. The summed E-state index contributed by atoms with van der Waals surface area (Å²) < 4.78 is 25.6. The molecule has 1 nitrogen and oxygen atoms in total. The minimum absolute atomic E-state index is 0.0324. The van der Waals surface area contributed by atoms with Gasteiger partial charge in [0.1, 0.15) is 19.5 Å². The predicted octanol–water partition coefficient (Wildman–Crippen LogP) is 0.961. The summed E-state index contributed by atoms with van der Waals surface area (Å²) in [4.78, 5) is 10.7. The molecule has 2 radical (unpaired) electrons. The van der Waals surface area contributed by atoms with E-state index < -0.39 is 23.0 Å². The Bertz CT molecular complexity index is 313. The molecule has 0 bridgehead atoms. The Morgan fingerprint density at radius 3 is 2.08 bits per heavy atom. The maximum atomic E-state index is 12.8. The van der Waals surface area contributed by atoms with Gasteiger partial charge < -0.3 is 0 Å². The topological polar surface area (TPSA) is 17.1 Å². The molecule has 0 N–H and O–H groups in total. The van der Waals surface area contributed by atoms with E-state index in [1.165, 1.54) is 0 Å². The molecule has 12 heavy (non-hydrogen) atoms. The van der Waals surface area contributed by atoms with Crippen molar-refractivity contribution in [3.63, 3.8) is 0 Å². The maximum Gasteiger partial charge on any atom is 0.165 e. The molecule has 0 aliphatic carbocycles. The lowest BCUT2D eigenvalue weighted by molar-refractivity contribution is 0.101. The van der Waals surface area contributed by atoms with Crippen LogP contribution in [0.2, 0.25) is 0 Å². The number of hydrogen-bond donors (Lipinski definition) is 0. The van der Waals surface area contributed by atoms with Crippen LogP contribution in [-0.4, -0.2) is 13.6 Å². The van der Waals surface area contributed by atoms with E-state index in [1.54, 1.807) is 0 Å². The molecule has 0 aliphatic heterocycles. The molecule has 0 saturated carbocycles. The molecule has 60 valence electrons. The van der Waals surface area contributed by atoms with Crippen molar-refractivity contribution < 1.29 is 13.6 Å². The minimum atomic E-state index is -0.917. The fraction of sp³-hybridized carbons (Fsp3) is 0.125. The van der Waals surface area contributed by atoms with Gasteiger partial charge in [0.05, 0.1) is 5.56 Å². The number of halogens is 2. The summed E-state index contributed by atoms with van der Waals surface area (Å²) in [7, 11) is 5.14. The van der Waals surface area contributed by atoms with Crippen molar-refractivity contribution in [3.8, 4) is 0 Å². The Kier molecular flexibility index (Phi) is 2.26. The number of carbonyl (C=O) groups is 1. The fourth-order valence-corrected chi connectivity index (χ4v) is 0.929. The van der Waals surface area contributed by atoms with Crippen molar-refractivity contribution in [1.82, 2.24) is 0 Å². The van der Waals surface area contributed by atoms with Gasteiger partial charge in [-0.2, -0.15) is 0 Å². The van der Waals surface area contributed by atoms with Gasteiger partial charge in [0.25, 0.3) is 0 Å². The number of rotatable bonds is 1. The third-order valence-corrected chi connectivity index (χ3v) is 1.42. The van der Waals surface area contributed by atoms with Crippen molar-refractivity contribution in [2.24, 2.45) is 0 Å². The molecule has 0 saturated heterocycles. The molecule has 1 aromatic rings. The van der Waals surface area contributed by atoms with Crippen molar-refractivity contribution in [3.05, 3.63) is 29.3 Å². The Balaban J connectivity index is 3.38. The van der Waals surface area contributed by atoms with Crippen LogP contribution in [0.25, 0.3) is 0 Å². The van der Waals surface area contributed by atoms with Crippen molar-refractivity contribution in [2.45, 2.75) is 6.92 Å². The van der Waals surface area contributed by atoms with Crippen LogP contribution in [0.5, 0.6) is 0 Å². The highest BCUT2D eigenvalue weighted by Crippen LogP contribution is 2.10. The zero-order valence-electron chi connectivity index (χ0n) is 6.40. The molecule has 0 amide bonds. The molecule has 0 fully saturated rings. The van der Waals surface area contributed by atoms with Gasteiger partial charge in [0, 0.05) is 0 Å². The van der Waals surface area contributed by atoms with E-state index in [2.05, 4.69) is 0 Å². The van der Waals surface area contributed by atoms with Crippen LogP contribution >= 0.6 is 0 Å². The number of hydrogen-bond acceptors (Lipinski definition) is 1. The van der Waals surface area contributed by atoms with E-state index in [0.29, 0.717) is 0 Å². The average Bonchev–Trinajstić information content (AvgIpc) is 1.82. The molecule has 0 aromatic heterocycles. The van der Waals surface area contributed by atoms with E-state index >= 15 is 0 Å². The molecular formula is C8H5BF2O. The first-order chi connectivity index (χ1) is 5.52. The highest BCUT2D eigenvalue weighted by Gasteiger charge is 2.13. The molecule has 4 heteroatoms. The SMILES string of the molecule is [B]c1cc(F)c(C(C)=O)c(F)c1. The summed E-state index contributed by atoms with van der Waals surface area (Å²) in [5.41, 5.74) is -0.570. The second-order valence-electron chi connectivity index (χ2n) is 2.42. The minimum Gasteiger partial charge on any atom is -0.294 e. The number of ketones is 1. The van der Waals surface area contributed by atoms with Crippen LogP contribution in [0.3, 0.4) is 0 Å². The van der Waals surface area contributed by atoms with Crippen molar-refractivity contribution >= 4 is 19.1 Å². The van der Waals surface area contributed by atoms with Crippen LogP contribution in [0.4, 0.5) is 8.78 Å². The van der Waals surface area contributed by atoms with Gasteiger partial charge in [-0.3, -0.25) is 4.79 Å². The van der Waals surface area contributed by atoms with Crippen molar-refractivity contribution in [1.29, 1.82) is 0 Å². The highest BCUT2D eigenvalue weighted by atomic mass is 19.1. The average molecular weight is 166 g/mol. The smallest absolute Gasteiger partial charge is 0.165 e. The molecule has 0 atom stereocenters. The summed E-state index contributed by atoms with van der Waals surface area (Å²) in [5, 5.41) is 0. The van der Waals surface area contributed by atoms with E-state index in [9.17, 15) is 13.6 Å². The number of benzene rings is 1. The Labute approximate surface area is 69.8 Å². The molecule has 0 heterocycles. The van der Waals surface area contributed by atoms with E-state index in [4.69, 9.17) is 7.85 Å². The first-order valence-electron chi connectivity index (χ1n) is 3.28. The van der Waals surface area contributed by atoms with Gasteiger partial charge in [-0.05, 0) is 19.1 Å². The predicted molar refractivity (Wildman–Crippen MR) is 41.8 cm³/mol. The summed E-state index contributed by atoms with van der Waals surface area (Å²) in [5.74, 6) is -2.48. The third kappa shape index (κ3) is 1.52. The van der Waals surface area contributed by atoms with Crippen LogP contribution in [-0.2, 0) is 0 Å². The van der Waals surface area contributed by atoms with E-state index in [-0.39, 0.29) is 5.46 Å². The molecule has 0 aliphatic rings. The summed E-state index contributed by atoms with van der Waals surface area (Å²) in [6.45, 7) is 1.09. The van der Waals surface area contributed by atoms with Crippen LogP contribution in [0.15, 0.2) is 12.1 Å². The maximum absolute atomic E-state index is 12.8. The van der Waals surface area contributed by atoms with E-state index in [1.807, 2.05) is 0 Å². The van der Waals surface area contributed by atoms with E-state index in [0.717, 1.165) is 19.1 Å². The number of carbonyl (C=O) groups excluding carboxylic acids is 1. The van der Waals surface area contributed by atoms with Gasteiger partial charge in [-0.15, -0.1) is 0 Å². The summed E-state index contributed by atoms with van der Waals surface area (Å²) in [6.07, 6.45) is 0. The van der Waals surface area contributed by atoms with Gasteiger partial charge in [-0.25, -0.2) is 8.78 Å². The zero-order valence-corrected chi connectivity index (χ0v) is 6.40. The molecular weight excluding hydrogens is 161 g/mol. The van der Waals surface area contributed by atoms with Gasteiger partial charge in [0.2, 0.25) is 0 Å². The van der Waals surface area contributed by atoms with Gasteiger partial charge in [0.15, 0.2) is 5.78 Å². The largest absolute Gasteiger partial charge is 0.294 e. The molecule has 0 unspecified atom stereocenters. The number of Topliss-reactive ketones (excluding diaryl/α,β-unsaturated/α-hetero) is 1. The lowest BCUT2D eigenvalue weighted by Gasteiger charge is -2.01. The Morgan fingerprint density at radius 1 is 1.33 bits per heavy atom. The zero-order chi connectivity index (χ0) is 9.30. The fourth-order valence-electron chi connectivity index (χ4n) is 0.929. The third-order valence-electron chi connectivity index (χ3n) is 1.42. The van der Waals surface area contributed by atoms with Crippen molar-refractivity contribution in [2.75, 3.05) is 0 Å². The molecule has 0 spiro atoms. The lowest BCUT2D eigenvalue weighted by atomic mass is 9.94. The first kappa shape index (κ1) is 8.91. The lowest BCUT2D eigenvalue weighted by Crippen LogP contribution is -2.10. The quantitative estimate of drug-likeness (QED) is 0.448. The second kappa shape index (κ2) is 3.05. The monoisotopic (exact) mass is 166 g/mol. The molecule has 1 aromatic carbocycles. The first-order valence-corrected chi connectivity index (χ1v) is 3.28. The molecule has 1 rings (SSSR count).